The van der Waals surface area contributed by atoms with Gasteiger partial charge in [-0.25, -0.2) is 17.9 Å². The van der Waals surface area contributed by atoms with Gasteiger partial charge in [-0.1, -0.05) is 0 Å². The number of amides is 1. The molecule has 0 atom stereocenters. The molecule has 0 saturated carbocycles. The zero-order valence-corrected chi connectivity index (χ0v) is 15.1. The highest BCUT2D eigenvalue weighted by Crippen LogP contribution is 2.25. The van der Waals surface area contributed by atoms with Gasteiger partial charge in [0.2, 0.25) is 10.0 Å². The molecule has 0 heterocycles. The second kappa shape index (κ2) is 9.35. The number of benzene rings is 1. The third kappa shape index (κ3) is 6.69. The van der Waals surface area contributed by atoms with Gasteiger partial charge in [0, 0.05) is 18.2 Å². The Kier molecular flexibility index (Phi) is 7.81. The maximum atomic E-state index is 12.4. The lowest BCUT2D eigenvalue weighted by Crippen LogP contribution is -2.31. The highest BCUT2D eigenvalue weighted by atomic mass is 32.2. The Bertz CT molecular complexity index is 717. The first-order valence-electron chi connectivity index (χ1n) is 7.45. The van der Waals surface area contributed by atoms with Crippen LogP contribution in [0.5, 0.6) is 5.75 Å². The van der Waals surface area contributed by atoms with E-state index in [2.05, 4.69) is 10.0 Å². The maximum Gasteiger partial charge on any atom is 0.329 e. The first-order valence-corrected chi connectivity index (χ1v) is 8.93. The molecule has 0 unspecified atom stereocenters. The largest absolute Gasteiger partial charge is 0.495 e. The van der Waals surface area contributed by atoms with Crippen molar-refractivity contribution in [2.24, 2.45) is 0 Å². The molecule has 1 aromatic carbocycles. The highest BCUT2D eigenvalue weighted by Gasteiger charge is 2.22. The van der Waals surface area contributed by atoms with E-state index >= 15 is 0 Å². The van der Waals surface area contributed by atoms with Crippen molar-refractivity contribution in [3.63, 3.8) is 0 Å². The van der Waals surface area contributed by atoms with Crippen LogP contribution in [-0.4, -0.2) is 58.3 Å². The topological polar surface area (TPSA) is 131 Å². The summed E-state index contributed by atoms with van der Waals surface area (Å²) in [6, 6.07) is 3.72. The van der Waals surface area contributed by atoms with Crippen molar-refractivity contribution in [2.75, 3.05) is 26.9 Å². The number of carboxylic acid groups (broad SMARTS) is 1. The molecule has 0 aliphatic rings. The molecule has 3 N–H and O–H groups in total. The van der Waals surface area contributed by atoms with Crippen LogP contribution in [0.3, 0.4) is 0 Å². The molecule has 140 valence electrons. The van der Waals surface area contributed by atoms with Gasteiger partial charge in [0.15, 0.2) is 0 Å². The molecular formula is C15H22N2O7S. The molecule has 0 aromatic heterocycles. The minimum absolute atomic E-state index is 0.0221. The molecule has 0 radical (unpaired) electrons. The molecule has 0 fully saturated rings. The third-order valence-corrected chi connectivity index (χ3v) is 4.54. The predicted octanol–water partition coefficient (Wildman–Crippen LogP) is 0.213. The number of carbonyl (C=O) groups excluding carboxylic acids is 1. The fourth-order valence-corrected chi connectivity index (χ4v) is 3.35. The molecule has 1 rings (SSSR count). The summed E-state index contributed by atoms with van der Waals surface area (Å²) in [6.45, 7) is 3.01. The van der Waals surface area contributed by atoms with E-state index in [0.29, 0.717) is 0 Å². The van der Waals surface area contributed by atoms with Crippen LogP contribution >= 0.6 is 0 Å². The van der Waals surface area contributed by atoms with Crippen molar-refractivity contribution < 1.29 is 32.6 Å². The SMILES string of the molecule is COc1ccc(C(=O)NCCOCC(=O)O)cc1S(=O)(=O)NC(C)C. The van der Waals surface area contributed by atoms with Crippen molar-refractivity contribution in [1.29, 1.82) is 0 Å². The summed E-state index contributed by atoms with van der Waals surface area (Å²) in [7, 11) is -2.51. The van der Waals surface area contributed by atoms with Gasteiger partial charge in [-0.15, -0.1) is 0 Å². The molecule has 1 amide bonds. The number of sulfonamides is 1. The fourth-order valence-electron chi connectivity index (χ4n) is 1.90. The number of ether oxygens (including phenoxy) is 2. The summed E-state index contributed by atoms with van der Waals surface area (Å²) in [4.78, 5) is 22.3. The van der Waals surface area contributed by atoms with Gasteiger partial charge in [-0.2, -0.15) is 0 Å². The Morgan fingerprint density at radius 2 is 1.96 bits per heavy atom. The van der Waals surface area contributed by atoms with Crippen LogP contribution in [0.4, 0.5) is 0 Å². The van der Waals surface area contributed by atoms with Gasteiger partial charge >= 0.3 is 5.97 Å². The van der Waals surface area contributed by atoms with Crippen LogP contribution in [0.15, 0.2) is 23.1 Å². The Balaban J connectivity index is 2.86. The molecule has 25 heavy (non-hydrogen) atoms. The normalized spacial score (nSPS) is 11.4. The average Bonchev–Trinajstić information content (AvgIpc) is 2.52. The smallest absolute Gasteiger partial charge is 0.329 e. The van der Waals surface area contributed by atoms with Gasteiger partial charge in [-0.05, 0) is 32.0 Å². The first-order chi connectivity index (χ1) is 11.7. The molecule has 0 saturated heterocycles. The van der Waals surface area contributed by atoms with E-state index in [1.54, 1.807) is 13.8 Å². The average molecular weight is 374 g/mol. The van der Waals surface area contributed by atoms with Gasteiger partial charge in [0.25, 0.3) is 5.91 Å². The number of carbonyl (C=O) groups is 2. The maximum absolute atomic E-state index is 12.4. The predicted molar refractivity (Wildman–Crippen MR) is 89.2 cm³/mol. The minimum Gasteiger partial charge on any atom is -0.495 e. The van der Waals surface area contributed by atoms with Crippen LogP contribution in [0.25, 0.3) is 0 Å². The number of hydrogen-bond donors (Lipinski definition) is 3. The van der Waals surface area contributed by atoms with Crippen LogP contribution < -0.4 is 14.8 Å². The van der Waals surface area contributed by atoms with Gasteiger partial charge in [0.05, 0.1) is 13.7 Å². The molecule has 9 nitrogen and oxygen atoms in total. The van der Waals surface area contributed by atoms with Crippen molar-refractivity contribution in [1.82, 2.24) is 10.0 Å². The number of aliphatic carboxylic acids is 1. The fraction of sp³-hybridized carbons (Fsp3) is 0.467. The van der Waals surface area contributed by atoms with Gasteiger partial charge in [-0.3, -0.25) is 4.79 Å². The standard InChI is InChI=1S/C15H22N2O7S/c1-10(2)17-25(21,22)13-8-11(4-5-12(13)23-3)15(20)16-6-7-24-9-14(18)19/h4-5,8,10,17H,6-7,9H2,1-3H3,(H,16,20)(H,18,19). The second-order valence-electron chi connectivity index (χ2n) is 5.34. The van der Waals surface area contributed by atoms with Crippen molar-refractivity contribution in [3.8, 4) is 5.75 Å². The lowest BCUT2D eigenvalue weighted by Gasteiger charge is -2.14. The number of carboxylic acids is 1. The van der Waals surface area contributed by atoms with Gasteiger partial charge < -0.3 is 19.9 Å². The van der Waals surface area contributed by atoms with E-state index in [0.717, 1.165) is 0 Å². The molecule has 0 aliphatic carbocycles. The van der Waals surface area contributed by atoms with Gasteiger partial charge in [0.1, 0.15) is 17.3 Å². The van der Waals surface area contributed by atoms with Crippen LogP contribution in [0, 0.1) is 0 Å². The Labute approximate surface area is 146 Å². The molecule has 0 aliphatic heterocycles. The van der Waals surface area contributed by atoms with E-state index in [-0.39, 0.29) is 35.4 Å². The number of methoxy groups -OCH3 is 1. The summed E-state index contributed by atoms with van der Waals surface area (Å²) >= 11 is 0. The van der Waals surface area contributed by atoms with E-state index in [1.807, 2.05) is 0 Å². The summed E-state index contributed by atoms with van der Waals surface area (Å²) in [5.41, 5.74) is 0.128. The van der Waals surface area contributed by atoms with Crippen LogP contribution in [0.2, 0.25) is 0 Å². The Morgan fingerprint density at radius 3 is 2.52 bits per heavy atom. The molecule has 1 aromatic rings. The second-order valence-corrected chi connectivity index (χ2v) is 7.03. The summed E-state index contributed by atoms with van der Waals surface area (Å²) in [5.74, 6) is -1.49. The lowest BCUT2D eigenvalue weighted by molar-refractivity contribution is -0.142. The number of nitrogens with one attached hydrogen (secondary N) is 2. The first kappa shape index (κ1) is 20.9. The number of rotatable bonds is 10. The summed E-state index contributed by atoms with van der Waals surface area (Å²) in [6.07, 6.45) is 0. The zero-order chi connectivity index (χ0) is 19.0. The van der Waals surface area contributed by atoms with Crippen molar-refractivity contribution in [2.45, 2.75) is 24.8 Å². The van der Waals surface area contributed by atoms with Crippen molar-refractivity contribution in [3.05, 3.63) is 23.8 Å². The van der Waals surface area contributed by atoms with E-state index in [1.165, 1.54) is 25.3 Å². The number of hydrogen-bond acceptors (Lipinski definition) is 6. The van der Waals surface area contributed by atoms with Crippen LogP contribution in [-0.2, 0) is 19.6 Å². The van der Waals surface area contributed by atoms with E-state index < -0.39 is 28.5 Å². The lowest BCUT2D eigenvalue weighted by atomic mass is 10.2. The minimum atomic E-state index is -3.84. The van der Waals surface area contributed by atoms with E-state index in [9.17, 15) is 18.0 Å². The molecule has 10 heteroatoms. The molecule has 0 bridgehead atoms. The quantitative estimate of drug-likeness (QED) is 0.499. The Hall–Kier alpha value is -2.17. The third-order valence-electron chi connectivity index (χ3n) is 2.86. The summed E-state index contributed by atoms with van der Waals surface area (Å²) in [5, 5.41) is 10.9. The van der Waals surface area contributed by atoms with Crippen LogP contribution in [0.1, 0.15) is 24.2 Å². The molecular weight excluding hydrogens is 352 g/mol. The molecule has 0 spiro atoms. The highest BCUT2D eigenvalue weighted by molar-refractivity contribution is 7.89. The monoisotopic (exact) mass is 374 g/mol. The summed E-state index contributed by atoms with van der Waals surface area (Å²) < 4.78 is 37.0. The van der Waals surface area contributed by atoms with Crippen molar-refractivity contribution >= 4 is 21.9 Å². The Morgan fingerprint density at radius 1 is 1.28 bits per heavy atom. The zero-order valence-electron chi connectivity index (χ0n) is 14.2. The van der Waals surface area contributed by atoms with E-state index in [4.69, 9.17) is 14.6 Å².